The van der Waals surface area contributed by atoms with Crippen LogP contribution in [-0.2, 0) is 11.3 Å². The molecule has 0 saturated carbocycles. The van der Waals surface area contributed by atoms with Crippen LogP contribution in [0, 0.1) is 0 Å². The van der Waals surface area contributed by atoms with Crippen LogP contribution in [0.15, 0.2) is 64.2 Å². The first-order chi connectivity index (χ1) is 12.6. The molecule has 7 heteroatoms. The van der Waals surface area contributed by atoms with E-state index < -0.39 is 0 Å². The first-order valence-electron chi connectivity index (χ1n) is 8.16. The molecule has 0 spiro atoms. The molecule has 6 nitrogen and oxygen atoms in total. The van der Waals surface area contributed by atoms with E-state index in [1.165, 1.54) is 11.8 Å². The summed E-state index contributed by atoms with van der Waals surface area (Å²) in [5, 5.41) is 11.3. The van der Waals surface area contributed by atoms with E-state index >= 15 is 0 Å². The van der Waals surface area contributed by atoms with Gasteiger partial charge in [0.1, 0.15) is 0 Å². The molecule has 3 aromatic rings. The summed E-state index contributed by atoms with van der Waals surface area (Å²) in [6, 6.07) is 17.6. The molecular formula is C19H20N4O2S. The number of carbonyl (C=O) groups excluding carboxylic acids is 1. The maximum absolute atomic E-state index is 12.0. The molecule has 0 fully saturated rings. The van der Waals surface area contributed by atoms with Crippen LogP contribution in [0.2, 0.25) is 0 Å². The number of hydrogen-bond donors (Lipinski definition) is 1. The van der Waals surface area contributed by atoms with Gasteiger partial charge < -0.3 is 14.6 Å². The van der Waals surface area contributed by atoms with Crippen LogP contribution >= 0.6 is 11.8 Å². The molecule has 0 atom stereocenters. The Morgan fingerprint density at radius 2 is 1.81 bits per heavy atom. The monoisotopic (exact) mass is 368 g/mol. The summed E-state index contributed by atoms with van der Waals surface area (Å²) >= 11 is 1.23. The summed E-state index contributed by atoms with van der Waals surface area (Å²) in [5.41, 5.74) is 3.04. The number of nitrogens with one attached hydrogen (secondary N) is 1. The van der Waals surface area contributed by atoms with Crippen LogP contribution in [-0.4, -0.2) is 36.0 Å². The molecule has 2 aromatic carbocycles. The fourth-order valence-corrected chi connectivity index (χ4v) is 2.85. The van der Waals surface area contributed by atoms with Crippen LogP contribution in [0.25, 0.3) is 11.5 Å². The van der Waals surface area contributed by atoms with Crippen molar-refractivity contribution < 1.29 is 9.21 Å². The Morgan fingerprint density at radius 3 is 2.50 bits per heavy atom. The minimum Gasteiger partial charge on any atom is -0.411 e. The summed E-state index contributed by atoms with van der Waals surface area (Å²) in [4.78, 5) is 14.0. The smallest absolute Gasteiger partial charge is 0.277 e. The fraction of sp³-hybridized carbons (Fsp3) is 0.211. The minimum absolute atomic E-state index is 0.0776. The SMILES string of the molecule is CN(C)c1ccc(CNC(=O)CSc2nnc(-c3ccccc3)o2)cc1. The second-order valence-electron chi connectivity index (χ2n) is 5.87. The van der Waals surface area contributed by atoms with Gasteiger partial charge in [0.05, 0.1) is 5.75 Å². The lowest BCUT2D eigenvalue weighted by Crippen LogP contribution is -2.24. The van der Waals surface area contributed by atoms with Gasteiger partial charge in [0.25, 0.3) is 5.22 Å². The lowest BCUT2D eigenvalue weighted by Gasteiger charge is -2.12. The van der Waals surface area contributed by atoms with E-state index in [2.05, 4.69) is 15.5 Å². The largest absolute Gasteiger partial charge is 0.411 e. The van der Waals surface area contributed by atoms with Crippen molar-refractivity contribution in [3.8, 4) is 11.5 Å². The molecular weight excluding hydrogens is 348 g/mol. The number of rotatable bonds is 7. The number of carbonyl (C=O) groups is 1. The maximum Gasteiger partial charge on any atom is 0.277 e. The van der Waals surface area contributed by atoms with Gasteiger partial charge in [-0.15, -0.1) is 10.2 Å². The summed E-state index contributed by atoms with van der Waals surface area (Å²) in [5.74, 6) is 0.604. The second kappa shape index (κ2) is 8.53. The zero-order valence-corrected chi connectivity index (χ0v) is 15.5. The molecule has 1 N–H and O–H groups in total. The average molecular weight is 368 g/mol. The van der Waals surface area contributed by atoms with E-state index in [9.17, 15) is 4.79 Å². The number of nitrogens with zero attached hydrogens (tertiary/aromatic N) is 3. The highest BCUT2D eigenvalue weighted by molar-refractivity contribution is 7.99. The Bertz CT molecular complexity index is 847. The van der Waals surface area contributed by atoms with Crippen LogP contribution in [0.1, 0.15) is 5.56 Å². The first kappa shape index (κ1) is 18.0. The van der Waals surface area contributed by atoms with Gasteiger partial charge in [0.15, 0.2) is 0 Å². The van der Waals surface area contributed by atoms with Crippen molar-refractivity contribution in [3.63, 3.8) is 0 Å². The minimum atomic E-state index is -0.0776. The van der Waals surface area contributed by atoms with Crippen molar-refractivity contribution in [2.45, 2.75) is 11.8 Å². The van der Waals surface area contributed by atoms with Gasteiger partial charge in [-0.05, 0) is 29.8 Å². The molecule has 0 bridgehead atoms. The molecule has 0 aliphatic heterocycles. The summed E-state index contributed by atoms with van der Waals surface area (Å²) in [7, 11) is 3.99. The van der Waals surface area contributed by atoms with Gasteiger partial charge in [-0.1, -0.05) is 42.1 Å². The van der Waals surface area contributed by atoms with Crippen molar-refractivity contribution in [1.82, 2.24) is 15.5 Å². The predicted octanol–water partition coefficient (Wildman–Crippen LogP) is 3.21. The summed E-state index contributed by atoms with van der Waals surface area (Å²) in [6.07, 6.45) is 0. The van der Waals surface area contributed by atoms with E-state index in [4.69, 9.17) is 4.42 Å². The van der Waals surface area contributed by atoms with Crippen molar-refractivity contribution in [3.05, 3.63) is 60.2 Å². The van der Waals surface area contributed by atoms with Gasteiger partial charge in [0, 0.05) is 31.9 Å². The van der Waals surface area contributed by atoms with Gasteiger partial charge in [0.2, 0.25) is 11.8 Å². The topological polar surface area (TPSA) is 71.3 Å². The van der Waals surface area contributed by atoms with Gasteiger partial charge >= 0.3 is 0 Å². The van der Waals surface area contributed by atoms with Crippen molar-refractivity contribution >= 4 is 23.4 Å². The Balaban J connectivity index is 1.46. The molecule has 1 heterocycles. The normalized spacial score (nSPS) is 10.5. The average Bonchev–Trinajstić information content (AvgIpc) is 3.15. The summed E-state index contributed by atoms with van der Waals surface area (Å²) in [6.45, 7) is 0.492. The van der Waals surface area contributed by atoms with Crippen LogP contribution in [0.3, 0.4) is 0 Å². The molecule has 26 heavy (non-hydrogen) atoms. The molecule has 0 aliphatic carbocycles. The maximum atomic E-state index is 12.0. The predicted molar refractivity (Wildman–Crippen MR) is 103 cm³/mol. The fourth-order valence-electron chi connectivity index (χ4n) is 2.26. The number of aromatic nitrogens is 2. The van der Waals surface area contributed by atoms with Gasteiger partial charge in [-0.3, -0.25) is 4.79 Å². The molecule has 134 valence electrons. The number of anilines is 1. The van der Waals surface area contributed by atoms with E-state index in [1.807, 2.05) is 73.6 Å². The van der Waals surface area contributed by atoms with E-state index in [1.54, 1.807) is 0 Å². The van der Waals surface area contributed by atoms with Crippen molar-refractivity contribution in [2.24, 2.45) is 0 Å². The molecule has 0 saturated heterocycles. The molecule has 0 unspecified atom stereocenters. The standard InChI is InChI=1S/C19H20N4O2S/c1-23(2)16-10-8-14(9-11-16)12-20-17(24)13-26-19-22-21-18(25-19)15-6-4-3-5-7-15/h3-11H,12-13H2,1-2H3,(H,20,24). The van der Waals surface area contributed by atoms with E-state index in [0.29, 0.717) is 17.7 Å². The molecule has 1 amide bonds. The highest BCUT2D eigenvalue weighted by Crippen LogP contribution is 2.22. The molecule has 1 aromatic heterocycles. The molecule has 0 radical (unpaired) electrons. The molecule has 0 aliphatic rings. The van der Waals surface area contributed by atoms with Gasteiger partial charge in [-0.2, -0.15) is 0 Å². The van der Waals surface area contributed by atoms with Crippen molar-refractivity contribution in [2.75, 3.05) is 24.7 Å². The quantitative estimate of drug-likeness (QED) is 0.646. The zero-order valence-electron chi connectivity index (χ0n) is 14.7. The highest BCUT2D eigenvalue weighted by Gasteiger charge is 2.11. The van der Waals surface area contributed by atoms with E-state index in [-0.39, 0.29) is 11.7 Å². The lowest BCUT2D eigenvalue weighted by molar-refractivity contribution is -0.118. The third-order valence-corrected chi connectivity index (χ3v) is 4.51. The number of hydrogen-bond acceptors (Lipinski definition) is 6. The third-order valence-electron chi connectivity index (χ3n) is 3.70. The Labute approximate surface area is 156 Å². The zero-order chi connectivity index (χ0) is 18.4. The number of amides is 1. The van der Waals surface area contributed by atoms with Gasteiger partial charge in [-0.25, -0.2) is 0 Å². The Kier molecular flexibility index (Phi) is 5.91. The summed E-state index contributed by atoms with van der Waals surface area (Å²) < 4.78 is 5.57. The first-order valence-corrected chi connectivity index (χ1v) is 9.15. The van der Waals surface area contributed by atoms with Crippen LogP contribution in [0.4, 0.5) is 5.69 Å². The second-order valence-corrected chi connectivity index (χ2v) is 6.79. The number of thioether (sulfide) groups is 1. The number of benzene rings is 2. The third kappa shape index (κ3) is 4.86. The Hall–Kier alpha value is -2.80. The van der Waals surface area contributed by atoms with Crippen LogP contribution < -0.4 is 10.2 Å². The van der Waals surface area contributed by atoms with Crippen LogP contribution in [0.5, 0.6) is 0 Å². The van der Waals surface area contributed by atoms with Crippen molar-refractivity contribution in [1.29, 1.82) is 0 Å². The Morgan fingerprint density at radius 1 is 1.08 bits per heavy atom. The highest BCUT2D eigenvalue weighted by atomic mass is 32.2. The lowest BCUT2D eigenvalue weighted by atomic mass is 10.2. The molecule has 3 rings (SSSR count). The van der Waals surface area contributed by atoms with E-state index in [0.717, 1.165) is 16.8 Å².